The van der Waals surface area contributed by atoms with Gasteiger partial charge in [0, 0.05) is 12.4 Å². The Morgan fingerprint density at radius 1 is 1.33 bits per heavy atom. The van der Waals surface area contributed by atoms with E-state index in [0.717, 1.165) is 18.9 Å². The molecule has 0 aliphatic carbocycles. The molecule has 3 heteroatoms. The largest absolute Gasteiger partial charge is 0.310 e. The first-order chi connectivity index (χ1) is 5.93. The van der Waals surface area contributed by atoms with E-state index in [1.807, 2.05) is 6.07 Å². The van der Waals surface area contributed by atoms with E-state index in [2.05, 4.69) is 22.2 Å². The van der Waals surface area contributed by atoms with Crippen molar-refractivity contribution in [1.29, 1.82) is 0 Å². The van der Waals surface area contributed by atoms with Crippen LogP contribution in [0.2, 0.25) is 0 Å². The minimum Gasteiger partial charge on any atom is -0.310 e. The van der Waals surface area contributed by atoms with Gasteiger partial charge in [-0.2, -0.15) is 0 Å². The van der Waals surface area contributed by atoms with E-state index < -0.39 is 0 Å². The third-order valence-corrected chi connectivity index (χ3v) is 1.61. The van der Waals surface area contributed by atoms with Crippen LogP contribution in [0.3, 0.4) is 0 Å². The van der Waals surface area contributed by atoms with Gasteiger partial charge in [0.25, 0.3) is 0 Å². The molecule has 0 amide bonds. The van der Waals surface area contributed by atoms with Crippen LogP contribution in [-0.4, -0.2) is 16.5 Å². The van der Waals surface area contributed by atoms with Crippen molar-refractivity contribution < 1.29 is 0 Å². The van der Waals surface area contributed by atoms with Crippen LogP contribution < -0.4 is 5.32 Å². The Morgan fingerprint density at radius 3 is 2.75 bits per heavy atom. The van der Waals surface area contributed by atoms with Crippen LogP contribution in [-0.2, 0) is 6.54 Å². The zero-order valence-corrected chi connectivity index (χ0v) is 7.45. The summed E-state index contributed by atoms with van der Waals surface area (Å²) >= 11 is 0. The molecular weight excluding hydrogens is 150 g/mol. The third kappa shape index (κ3) is 3.44. The fraction of sp³-hybridized carbons (Fsp3) is 0.556. The molecule has 1 heterocycles. The molecule has 1 N–H and O–H groups in total. The van der Waals surface area contributed by atoms with Gasteiger partial charge < -0.3 is 5.32 Å². The van der Waals surface area contributed by atoms with Crippen molar-refractivity contribution in [3.63, 3.8) is 0 Å². The van der Waals surface area contributed by atoms with Crippen LogP contribution in [0.4, 0.5) is 0 Å². The number of rotatable bonds is 5. The number of hydrogen-bond acceptors (Lipinski definition) is 3. The Labute approximate surface area is 73.2 Å². The smallest absolute Gasteiger partial charge is 0.141 e. The van der Waals surface area contributed by atoms with Crippen LogP contribution in [0.1, 0.15) is 25.6 Å². The Balaban J connectivity index is 2.16. The fourth-order valence-corrected chi connectivity index (χ4v) is 0.923. The van der Waals surface area contributed by atoms with E-state index in [9.17, 15) is 0 Å². The van der Waals surface area contributed by atoms with Crippen LogP contribution in [0.15, 0.2) is 18.5 Å². The van der Waals surface area contributed by atoms with Gasteiger partial charge in [0.15, 0.2) is 0 Å². The van der Waals surface area contributed by atoms with Gasteiger partial charge in [-0.3, -0.25) is 0 Å². The normalized spacial score (nSPS) is 10.1. The zero-order chi connectivity index (χ0) is 8.65. The second-order valence-electron chi connectivity index (χ2n) is 2.70. The van der Waals surface area contributed by atoms with E-state index in [4.69, 9.17) is 0 Å². The van der Waals surface area contributed by atoms with E-state index in [1.165, 1.54) is 12.8 Å². The molecule has 66 valence electrons. The van der Waals surface area contributed by atoms with Crippen LogP contribution in [0.25, 0.3) is 0 Å². The number of hydrogen-bond donors (Lipinski definition) is 1. The van der Waals surface area contributed by atoms with Crippen molar-refractivity contribution in [1.82, 2.24) is 15.3 Å². The summed E-state index contributed by atoms with van der Waals surface area (Å²) in [4.78, 5) is 8.21. The molecule has 3 nitrogen and oxygen atoms in total. The molecule has 0 spiro atoms. The standard InChI is InChI=1S/C9H15N3/c1-2-3-5-10-8-9-11-6-4-7-12-9/h4,6-7,10H,2-3,5,8H2,1H3. The highest BCUT2D eigenvalue weighted by Gasteiger charge is 1.91. The highest BCUT2D eigenvalue weighted by Crippen LogP contribution is 1.87. The average Bonchev–Trinajstić information content (AvgIpc) is 2.14. The average molecular weight is 165 g/mol. The lowest BCUT2D eigenvalue weighted by atomic mass is 10.3. The lowest BCUT2D eigenvalue weighted by Crippen LogP contribution is -2.16. The van der Waals surface area contributed by atoms with E-state index >= 15 is 0 Å². The summed E-state index contributed by atoms with van der Waals surface area (Å²) in [5, 5.41) is 3.28. The van der Waals surface area contributed by atoms with E-state index in [1.54, 1.807) is 12.4 Å². The molecule has 0 aromatic carbocycles. The molecule has 0 saturated carbocycles. The van der Waals surface area contributed by atoms with Gasteiger partial charge in [0.2, 0.25) is 0 Å². The predicted octanol–water partition coefficient (Wildman–Crippen LogP) is 1.37. The highest BCUT2D eigenvalue weighted by atomic mass is 14.9. The highest BCUT2D eigenvalue weighted by molar-refractivity contribution is 4.87. The van der Waals surface area contributed by atoms with Crippen molar-refractivity contribution in [2.45, 2.75) is 26.3 Å². The molecule has 0 fully saturated rings. The Kier molecular flexibility index (Phi) is 4.31. The minimum atomic E-state index is 0.779. The van der Waals surface area contributed by atoms with Crippen molar-refractivity contribution in [3.8, 4) is 0 Å². The van der Waals surface area contributed by atoms with Crippen LogP contribution in [0, 0.1) is 0 Å². The lowest BCUT2D eigenvalue weighted by molar-refractivity contribution is 0.622. The maximum Gasteiger partial charge on any atom is 0.141 e. The molecule has 0 radical (unpaired) electrons. The SMILES string of the molecule is CCCCNCc1ncccn1. The molecule has 0 bridgehead atoms. The number of aromatic nitrogens is 2. The van der Waals surface area contributed by atoms with Crippen molar-refractivity contribution in [2.75, 3.05) is 6.54 Å². The lowest BCUT2D eigenvalue weighted by Gasteiger charge is -2.00. The van der Waals surface area contributed by atoms with E-state index in [0.29, 0.717) is 0 Å². The fourth-order valence-electron chi connectivity index (χ4n) is 0.923. The molecule has 1 aromatic rings. The second-order valence-corrected chi connectivity index (χ2v) is 2.70. The van der Waals surface area contributed by atoms with Crippen LogP contribution in [0.5, 0.6) is 0 Å². The van der Waals surface area contributed by atoms with Gasteiger partial charge in [-0.05, 0) is 19.0 Å². The molecule has 0 aliphatic heterocycles. The Morgan fingerprint density at radius 2 is 2.08 bits per heavy atom. The predicted molar refractivity (Wildman–Crippen MR) is 48.6 cm³/mol. The summed E-state index contributed by atoms with van der Waals surface area (Å²) < 4.78 is 0. The first-order valence-electron chi connectivity index (χ1n) is 4.40. The minimum absolute atomic E-state index is 0.779. The summed E-state index contributed by atoms with van der Waals surface area (Å²) in [7, 11) is 0. The summed E-state index contributed by atoms with van der Waals surface area (Å²) in [5.74, 6) is 0.869. The summed E-state index contributed by atoms with van der Waals surface area (Å²) in [6, 6.07) is 1.83. The molecule has 0 saturated heterocycles. The summed E-state index contributed by atoms with van der Waals surface area (Å²) in [6.45, 7) is 4.01. The monoisotopic (exact) mass is 165 g/mol. The van der Waals surface area contributed by atoms with Gasteiger partial charge in [0.05, 0.1) is 6.54 Å². The van der Waals surface area contributed by atoms with Crippen molar-refractivity contribution in [2.24, 2.45) is 0 Å². The van der Waals surface area contributed by atoms with Gasteiger partial charge in [0.1, 0.15) is 5.82 Å². The first-order valence-corrected chi connectivity index (χ1v) is 4.40. The summed E-state index contributed by atoms with van der Waals surface area (Å²) in [5.41, 5.74) is 0. The molecular formula is C9H15N3. The van der Waals surface area contributed by atoms with E-state index in [-0.39, 0.29) is 0 Å². The molecule has 1 rings (SSSR count). The van der Waals surface area contributed by atoms with Gasteiger partial charge in [-0.1, -0.05) is 13.3 Å². The van der Waals surface area contributed by atoms with Gasteiger partial charge in [-0.25, -0.2) is 9.97 Å². The maximum atomic E-state index is 4.10. The van der Waals surface area contributed by atoms with Crippen LogP contribution >= 0.6 is 0 Å². The molecule has 1 aromatic heterocycles. The quantitative estimate of drug-likeness (QED) is 0.669. The number of nitrogens with zero attached hydrogens (tertiary/aromatic N) is 2. The van der Waals surface area contributed by atoms with Crippen molar-refractivity contribution in [3.05, 3.63) is 24.3 Å². The second kappa shape index (κ2) is 5.66. The molecule has 12 heavy (non-hydrogen) atoms. The Bertz CT molecular complexity index is 198. The number of nitrogens with one attached hydrogen (secondary N) is 1. The van der Waals surface area contributed by atoms with Crippen molar-refractivity contribution >= 4 is 0 Å². The third-order valence-electron chi connectivity index (χ3n) is 1.61. The topological polar surface area (TPSA) is 37.8 Å². The Hall–Kier alpha value is -0.960. The number of unbranched alkanes of at least 4 members (excludes halogenated alkanes) is 1. The van der Waals surface area contributed by atoms with Gasteiger partial charge >= 0.3 is 0 Å². The molecule has 0 aliphatic rings. The molecule has 0 unspecified atom stereocenters. The zero-order valence-electron chi connectivity index (χ0n) is 7.45. The maximum absolute atomic E-state index is 4.10. The molecule has 0 atom stereocenters. The van der Waals surface area contributed by atoms with Gasteiger partial charge in [-0.15, -0.1) is 0 Å². The first kappa shape index (κ1) is 9.13. The summed E-state index contributed by atoms with van der Waals surface area (Å²) in [6.07, 6.45) is 5.98.